The van der Waals surface area contributed by atoms with Crippen LogP contribution in [-0.2, 0) is 54.9 Å². The SMILES string of the molecule is C[SH](C)C(=O)OCc1ccc(O[C@@H]2O[C@H](C(=O)O)[C@@H](O)[C@H](O)[C@H]2O)cc1OCCOCCNC(=O)[C@H](CS(=O)(=O)O)NC(=O)CCN1C(=O)C=CC1=O. The highest BCUT2D eigenvalue weighted by molar-refractivity contribution is 8.28. The summed E-state index contributed by atoms with van der Waals surface area (Å²) in [6, 6.07) is 2.44. The van der Waals surface area contributed by atoms with E-state index >= 15 is 0 Å². The third-order valence-electron chi connectivity index (χ3n) is 7.34. The van der Waals surface area contributed by atoms with Crippen LogP contribution in [0.25, 0.3) is 0 Å². The minimum Gasteiger partial charge on any atom is -0.491 e. The molecule has 0 spiro atoms. The second kappa shape index (κ2) is 19.6. The number of benzene rings is 1. The molecule has 2 heterocycles. The summed E-state index contributed by atoms with van der Waals surface area (Å²) in [5.74, 6) is -5.79. The lowest BCUT2D eigenvalue weighted by molar-refractivity contribution is -0.271. The number of carboxylic acids is 1. The first-order valence-electron chi connectivity index (χ1n) is 15.7. The van der Waals surface area contributed by atoms with E-state index in [-0.39, 0.29) is 51.0 Å². The molecule has 1 fully saturated rings. The number of ether oxygens (including phenoxy) is 5. The van der Waals surface area contributed by atoms with E-state index in [1.54, 1.807) is 12.5 Å². The lowest BCUT2D eigenvalue weighted by atomic mass is 9.99. The summed E-state index contributed by atoms with van der Waals surface area (Å²) in [5, 5.41) is 43.6. The monoisotopic (exact) mass is 795 g/mol. The lowest BCUT2D eigenvalue weighted by Gasteiger charge is -2.38. The van der Waals surface area contributed by atoms with Crippen molar-refractivity contribution in [3.05, 3.63) is 35.9 Å². The minimum absolute atomic E-state index is 0.0229. The Morgan fingerprint density at radius 3 is 2.30 bits per heavy atom. The number of thiol groups is 1. The number of aliphatic hydroxyl groups excluding tert-OH is 3. The molecule has 0 unspecified atom stereocenters. The summed E-state index contributed by atoms with van der Waals surface area (Å²) in [6.07, 6.45) is -4.27. The number of imide groups is 1. The highest BCUT2D eigenvalue weighted by Crippen LogP contribution is 2.30. The van der Waals surface area contributed by atoms with Crippen LogP contribution >= 0.6 is 10.9 Å². The van der Waals surface area contributed by atoms with Gasteiger partial charge in [-0.25, -0.2) is 9.59 Å². The van der Waals surface area contributed by atoms with Gasteiger partial charge in [-0.05, 0) is 24.6 Å². The maximum atomic E-state index is 12.6. The van der Waals surface area contributed by atoms with Crippen LogP contribution in [0.1, 0.15) is 12.0 Å². The first-order chi connectivity index (χ1) is 24.9. The van der Waals surface area contributed by atoms with Gasteiger partial charge in [0, 0.05) is 43.3 Å². The topological polar surface area (TPSA) is 311 Å². The van der Waals surface area contributed by atoms with Crippen molar-refractivity contribution < 1.29 is 85.8 Å². The van der Waals surface area contributed by atoms with E-state index in [1.807, 2.05) is 0 Å². The minimum atomic E-state index is -4.72. The van der Waals surface area contributed by atoms with Crippen molar-refractivity contribution in [3.63, 3.8) is 0 Å². The number of hydrogen-bond donors (Lipinski definition) is 8. The zero-order chi connectivity index (χ0) is 39.5. The summed E-state index contributed by atoms with van der Waals surface area (Å²) in [5.41, 5.74) is 0.376. The number of rotatable bonds is 19. The Bertz CT molecular complexity index is 1640. The molecule has 1 saturated heterocycles. The van der Waals surface area contributed by atoms with Crippen LogP contribution in [0.2, 0.25) is 0 Å². The average Bonchev–Trinajstić information content (AvgIpc) is 3.41. The fraction of sp³-hybridized carbons (Fsp3) is 0.533. The van der Waals surface area contributed by atoms with Crippen LogP contribution in [0.4, 0.5) is 4.79 Å². The maximum absolute atomic E-state index is 12.6. The van der Waals surface area contributed by atoms with E-state index < -0.39 is 105 Å². The molecule has 0 saturated carbocycles. The fourth-order valence-corrected chi connectivity index (χ4v) is 5.60. The number of aliphatic hydroxyl groups is 3. The second-order valence-corrected chi connectivity index (χ2v) is 15.3. The zero-order valence-corrected chi connectivity index (χ0v) is 30.1. The van der Waals surface area contributed by atoms with E-state index in [9.17, 15) is 62.2 Å². The summed E-state index contributed by atoms with van der Waals surface area (Å²) >= 11 is 0. The molecule has 53 heavy (non-hydrogen) atoms. The second-order valence-electron chi connectivity index (χ2n) is 11.6. The number of carboxylic acid groups (broad SMARTS) is 1. The Labute approximate surface area is 305 Å². The van der Waals surface area contributed by atoms with Gasteiger partial charge in [0.25, 0.3) is 21.9 Å². The van der Waals surface area contributed by atoms with Gasteiger partial charge in [-0.15, -0.1) is 0 Å². The molecule has 0 aromatic heterocycles. The molecule has 21 nitrogen and oxygen atoms in total. The highest BCUT2D eigenvalue weighted by Gasteiger charge is 2.48. The molecule has 23 heteroatoms. The van der Waals surface area contributed by atoms with Gasteiger partial charge in [-0.3, -0.25) is 28.6 Å². The third-order valence-corrected chi connectivity index (χ3v) is 8.96. The van der Waals surface area contributed by atoms with Crippen molar-refractivity contribution in [1.82, 2.24) is 15.5 Å². The predicted octanol–water partition coefficient (Wildman–Crippen LogP) is -2.95. The van der Waals surface area contributed by atoms with Crippen molar-refractivity contribution in [3.8, 4) is 11.5 Å². The van der Waals surface area contributed by atoms with Gasteiger partial charge in [0.2, 0.25) is 18.1 Å². The molecule has 2 aliphatic heterocycles. The Hall–Kier alpha value is -4.36. The van der Waals surface area contributed by atoms with E-state index in [2.05, 4.69) is 10.6 Å². The van der Waals surface area contributed by atoms with Crippen LogP contribution in [0, 0.1) is 0 Å². The van der Waals surface area contributed by atoms with Crippen LogP contribution in [-0.4, -0.2) is 161 Å². The Balaban J connectivity index is 1.53. The number of aliphatic carboxylic acids is 1. The summed E-state index contributed by atoms with van der Waals surface area (Å²) in [4.78, 5) is 72.6. The number of hydrogen-bond acceptors (Lipinski definition) is 16. The van der Waals surface area contributed by atoms with Crippen molar-refractivity contribution in [1.29, 1.82) is 0 Å². The molecular formula is C30H41N3O18S2. The Kier molecular flexibility index (Phi) is 16.0. The number of nitrogens with one attached hydrogen (secondary N) is 2. The maximum Gasteiger partial charge on any atom is 0.346 e. The molecule has 3 rings (SSSR count). The van der Waals surface area contributed by atoms with Crippen LogP contribution in [0.3, 0.4) is 0 Å². The number of carbonyl (C=O) groups excluding carboxylic acids is 5. The molecule has 0 bridgehead atoms. The first kappa shape index (κ1) is 43.0. The van der Waals surface area contributed by atoms with Gasteiger partial charge in [0.1, 0.15) is 54.8 Å². The van der Waals surface area contributed by atoms with Gasteiger partial charge >= 0.3 is 11.3 Å². The average molecular weight is 796 g/mol. The summed E-state index contributed by atoms with van der Waals surface area (Å²) in [6.45, 7) is -1.05. The molecule has 0 radical (unpaired) electrons. The molecule has 6 atom stereocenters. The van der Waals surface area contributed by atoms with Gasteiger partial charge in [0.15, 0.2) is 6.10 Å². The normalized spacial score (nSPS) is 22.2. The van der Waals surface area contributed by atoms with E-state index in [0.717, 1.165) is 17.1 Å². The van der Waals surface area contributed by atoms with E-state index in [4.69, 9.17) is 23.7 Å². The molecule has 296 valence electrons. The molecular weight excluding hydrogens is 754 g/mol. The summed E-state index contributed by atoms with van der Waals surface area (Å²) in [7, 11) is -5.78. The van der Waals surface area contributed by atoms with Crippen LogP contribution in [0.5, 0.6) is 11.5 Å². The summed E-state index contributed by atoms with van der Waals surface area (Å²) < 4.78 is 59.4. The molecule has 1 aromatic rings. The largest absolute Gasteiger partial charge is 0.491 e. The van der Waals surface area contributed by atoms with E-state index in [0.29, 0.717) is 5.56 Å². The molecule has 2 aliphatic rings. The highest BCUT2D eigenvalue weighted by atomic mass is 32.2. The number of carbonyl (C=O) groups is 6. The standard InChI is InChI=1S/C30H41N3O18S2/c1-52(2)30(43)49-14-16-3-4-17(50-29-25(39)23(37)24(38)26(51-29)28(41)42)13-19(16)48-12-11-47-10-8-31-27(40)18(15-53(44,45)46)32-20(34)7-9-33-21(35)5-6-22(33)36/h3-6,13,18,23-26,29,37-39,52H,7-12,14-15H2,1-2H3,(H,31,40)(H,32,34)(H,41,42)(H,44,45,46)/t18-,23-,24-,25+,26-,29+/m0/s1. The van der Waals surface area contributed by atoms with Crippen molar-refractivity contribution in [2.75, 3.05) is 51.2 Å². The van der Waals surface area contributed by atoms with Gasteiger partial charge in [-0.1, -0.05) is 0 Å². The van der Waals surface area contributed by atoms with Crippen LogP contribution in [0.15, 0.2) is 30.4 Å². The molecule has 7 N–H and O–H groups in total. The fourth-order valence-electron chi connectivity index (χ4n) is 4.62. The van der Waals surface area contributed by atoms with Crippen molar-refractivity contribution in [2.24, 2.45) is 0 Å². The van der Waals surface area contributed by atoms with Gasteiger partial charge in [-0.2, -0.15) is 19.3 Å². The van der Waals surface area contributed by atoms with Crippen LogP contribution < -0.4 is 20.1 Å². The van der Waals surface area contributed by atoms with Crippen molar-refractivity contribution in [2.45, 2.75) is 49.8 Å². The number of amides is 4. The molecule has 0 aliphatic carbocycles. The third kappa shape index (κ3) is 13.2. The van der Waals surface area contributed by atoms with Crippen molar-refractivity contribution >= 4 is 55.9 Å². The lowest BCUT2D eigenvalue weighted by Crippen LogP contribution is -2.61. The smallest absolute Gasteiger partial charge is 0.346 e. The molecule has 4 amide bonds. The Morgan fingerprint density at radius 1 is 1.00 bits per heavy atom. The van der Waals surface area contributed by atoms with Gasteiger partial charge < -0.3 is 54.7 Å². The van der Waals surface area contributed by atoms with E-state index in [1.165, 1.54) is 18.2 Å². The Morgan fingerprint density at radius 2 is 1.68 bits per heavy atom. The predicted molar refractivity (Wildman–Crippen MR) is 181 cm³/mol. The zero-order valence-electron chi connectivity index (χ0n) is 28.4. The quantitative estimate of drug-likeness (QED) is 0.0228. The molecule has 1 aromatic carbocycles. The van der Waals surface area contributed by atoms with Gasteiger partial charge in [0.05, 0.1) is 13.2 Å². The number of nitrogens with zero attached hydrogens (tertiary/aromatic N) is 1. The first-order valence-corrected chi connectivity index (χ1v) is 19.5.